The molecule has 2 unspecified atom stereocenters. The minimum absolute atomic E-state index is 0. The highest BCUT2D eigenvalue weighted by Crippen LogP contribution is 2.32. The molecule has 8 heteroatoms. The fourth-order valence-corrected chi connectivity index (χ4v) is 3.04. The third kappa shape index (κ3) is 6.40. The van der Waals surface area contributed by atoms with Gasteiger partial charge in [0.15, 0.2) is 6.61 Å². The number of rotatable bonds is 5. The first-order valence-corrected chi connectivity index (χ1v) is 8.03. The van der Waals surface area contributed by atoms with Crippen molar-refractivity contribution in [3.05, 3.63) is 29.8 Å². The number of para-hydroxylation sites is 1. The molecule has 4 nitrogen and oxygen atoms in total. The van der Waals surface area contributed by atoms with E-state index in [9.17, 15) is 18.0 Å². The zero-order valence-electron chi connectivity index (χ0n) is 14.1. The number of hydrogen-bond donors (Lipinski definition) is 2. The first-order chi connectivity index (χ1) is 11.2. The third-order valence-corrected chi connectivity index (χ3v) is 4.39. The maximum Gasteiger partial charge on any atom is 0.422 e. The van der Waals surface area contributed by atoms with Crippen molar-refractivity contribution in [2.75, 3.05) is 6.61 Å². The molecule has 1 aliphatic rings. The largest absolute Gasteiger partial charge is 0.484 e. The Morgan fingerprint density at radius 3 is 2.68 bits per heavy atom. The SMILES string of the molecule is CC1(N)CCCCC1C(=O)NCc1ccccc1OCC(F)(F)F.Cl. The lowest BCUT2D eigenvalue weighted by Crippen LogP contribution is -2.52. The molecule has 1 aromatic rings. The Morgan fingerprint density at radius 1 is 1.36 bits per heavy atom. The Hall–Kier alpha value is -1.47. The third-order valence-electron chi connectivity index (χ3n) is 4.39. The van der Waals surface area contributed by atoms with Gasteiger partial charge in [0.05, 0.1) is 5.92 Å². The smallest absolute Gasteiger partial charge is 0.422 e. The molecule has 2 rings (SSSR count). The standard InChI is InChI=1S/C17H23F3N2O2.ClH/c1-16(21)9-5-4-7-13(16)15(23)22-10-12-6-2-3-8-14(12)24-11-17(18,19)20;/h2-3,6,8,13H,4-5,7,9-11,21H2,1H3,(H,22,23);1H. The minimum atomic E-state index is -4.40. The van der Waals surface area contributed by atoms with Gasteiger partial charge in [0.2, 0.25) is 5.91 Å². The Bertz CT molecular complexity index is 579. The van der Waals surface area contributed by atoms with Crippen LogP contribution in [0.25, 0.3) is 0 Å². The van der Waals surface area contributed by atoms with Crippen molar-refractivity contribution in [1.29, 1.82) is 0 Å². The molecule has 1 amide bonds. The number of ether oxygens (including phenoxy) is 1. The van der Waals surface area contributed by atoms with Crippen LogP contribution >= 0.6 is 12.4 Å². The molecule has 0 bridgehead atoms. The van der Waals surface area contributed by atoms with E-state index >= 15 is 0 Å². The number of halogens is 4. The molecular formula is C17H24ClF3N2O2. The molecule has 25 heavy (non-hydrogen) atoms. The maximum atomic E-state index is 12.4. The Kier molecular flexibility index (Phi) is 7.56. The molecule has 2 atom stereocenters. The van der Waals surface area contributed by atoms with Crippen LogP contribution in [0.5, 0.6) is 5.75 Å². The summed E-state index contributed by atoms with van der Waals surface area (Å²) in [6.07, 6.45) is -0.928. The lowest BCUT2D eigenvalue weighted by Gasteiger charge is -2.37. The first-order valence-electron chi connectivity index (χ1n) is 8.03. The summed E-state index contributed by atoms with van der Waals surface area (Å²) >= 11 is 0. The van der Waals surface area contributed by atoms with Gasteiger partial charge in [0.1, 0.15) is 5.75 Å². The molecule has 3 N–H and O–H groups in total. The quantitative estimate of drug-likeness (QED) is 0.820. The molecular weight excluding hydrogens is 357 g/mol. The number of alkyl halides is 3. The van der Waals surface area contributed by atoms with Crippen LogP contribution in [0.1, 0.15) is 38.2 Å². The lowest BCUT2D eigenvalue weighted by molar-refractivity contribution is -0.153. The van der Waals surface area contributed by atoms with Gasteiger partial charge in [-0.25, -0.2) is 0 Å². The van der Waals surface area contributed by atoms with E-state index in [2.05, 4.69) is 5.32 Å². The number of nitrogens with two attached hydrogens (primary N) is 1. The van der Waals surface area contributed by atoms with Crippen LogP contribution in [0, 0.1) is 5.92 Å². The van der Waals surface area contributed by atoms with Crippen LogP contribution in [-0.4, -0.2) is 24.2 Å². The van der Waals surface area contributed by atoms with Crippen LogP contribution in [0.4, 0.5) is 13.2 Å². The Labute approximate surface area is 151 Å². The molecule has 142 valence electrons. The van der Waals surface area contributed by atoms with Crippen LogP contribution < -0.4 is 15.8 Å². The van der Waals surface area contributed by atoms with Crippen molar-refractivity contribution in [3.8, 4) is 5.75 Å². The summed E-state index contributed by atoms with van der Waals surface area (Å²) in [5.41, 5.74) is 6.16. The van der Waals surface area contributed by atoms with Gasteiger partial charge in [-0.05, 0) is 25.8 Å². The molecule has 1 aliphatic carbocycles. The van der Waals surface area contributed by atoms with Gasteiger partial charge in [0, 0.05) is 17.6 Å². The number of carbonyl (C=O) groups excluding carboxylic acids is 1. The Balaban J connectivity index is 0.00000312. The summed E-state index contributed by atoms with van der Waals surface area (Å²) in [5.74, 6) is -0.325. The van der Waals surface area contributed by atoms with Gasteiger partial charge in [-0.1, -0.05) is 31.0 Å². The van der Waals surface area contributed by atoms with E-state index in [1.54, 1.807) is 18.2 Å². The van der Waals surface area contributed by atoms with E-state index in [4.69, 9.17) is 10.5 Å². The summed E-state index contributed by atoms with van der Waals surface area (Å²) in [7, 11) is 0. The average molecular weight is 381 g/mol. The predicted molar refractivity (Wildman–Crippen MR) is 91.6 cm³/mol. The summed E-state index contributed by atoms with van der Waals surface area (Å²) in [6, 6.07) is 6.38. The molecule has 0 aliphatic heterocycles. The second-order valence-electron chi connectivity index (χ2n) is 6.53. The fourth-order valence-electron chi connectivity index (χ4n) is 3.04. The molecule has 1 aromatic carbocycles. The highest BCUT2D eigenvalue weighted by atomic mass is 35.5. The number of carbonyl (C=O) groups is 1. The summed E-state index contributed by atoms with van der Waals surface area (Å²) in [5, 5.41) is 2.78. The first kappa shape index (κ1) is 21.6. The molecule has 1 saturated carbocycles. The van der Waals surface area contributed by atoms with E-state index in [1.807, 2.05) is 6.92 Å². The topological polar surface area (TPSA) is 64.4 Å². The van der Waals surface area contributed by atoms with Gasteiger partial charge < -0.3 is 15.8 Å². The van der Waals surface area contributed by atoms with Gasteiger partial charge in [-0.3, -0.25) is 4.79 Å². The van der Waals surface area contributed by atoms with Crippen LogP contribution in [0.15, 0.2) is 24.3 Å². The van der Waals surface area contributed by atoms with Crippen molar-refractivity contribution in [2.24, 2.45) is 11.7 Å². The average Bonchev–Trinajstić information content (AvgIpc) is 2.50. The number of amides is 1. The molecule has 1 fully saturated rings. The van der Waals surface area contributed by atoms with E-state index in [0.717, 1.165) is 25.7 Å². The van der Waals surface area contributed by atoms with Crippen LogP contribution in [0.2, 0.25) is 0 Å². The monoisotopic (exact) mass is 380 g/mol. The van der Waals surface area contributed by atoms with Gasteiger partial charge in [0.25, 0.3) is 0 Å². The second kappa shape index (κ2) is 8.76. The maximum absolute atomic E-state index is 12.4. The predicted octanol–water partition coefficient (Wildman–Crippen LogP) is 3.57. The molecule has 0 heterocycles. The zero-order valence-corrected chi connectivity index (χ0v) is 14.9. The molecule has 0 saturated heterocycles. The van der Waals surface area contributed by atoms with E-state index in [-0.39, 0.29) is 36.5 Å². The van der Waals surface area contributed by atoms with Crippen LogP contribution in [-0.2, 0) is 11.3 Å². The highest BCUT2D eigenvalue weighted by molar-refractivity contribution is 5.85. The summed E-state index contributed by atoms with van der Waals surface area (Å²) < 4.78 is 41.7. The summed E-state index contributed by atoms with van der Waals surface area (Å²) in [4.78, 5) is 12.4. The van der Waals surface area contributed by atoms with Crippen molar-refractivity contribution < 1.29 is 22.7 Å². The molecule has 0 spiro atoms. The normalized spacial score (nSPS) is 23.5. The van der Waals surface area contributed by atoms with E-state index in [1.165, 1.54) is 6.07 Å². The zero-order chi connectivity index (χ0) is 17.8. The van der Waals surface area contributed by atoms with Gasteiger partial charge >= 0.3 is 6.18 Å². The van der Waals surface area contributed by atoms with Crippen molar-refractivity contribution in [1.82, 2.24) is 5.32 Å². The number of hydrogen-bond acceptors (Lipinski definition) is 3. The number of nitrogens with one attached hydrogen (secondary N) is 1. The highest BCUT2D eigenvalue weighted by Gasteiger charge is 2.37. The Morgan fingerprint density at radius 2 is 2.04 bits per heavy atom. The minimum Gasteiger partial charge on any atom is -0.484 e. The van der Waals surface area contributed by atoms with E-state index < -0.39 is 18.3 Å². The lowest BCUT2D eigenvalue weighted by atomic mass is 9.74. The number of benzene rings is 1. The van der Waals surface area contributed by atoms with Gasteiger partial charge in [-0.2, -0.15) is 13.2 Å². The summed E-state index contributed by atoms with van der Waals surface area (Å²) in [6.45, 7) is 0.623. The van der Waals surface area contributed by atoms with Crippen LogP contribution in [0.3, 0.4) is 0 Å². The van der Waals surface area contributed by atoms with E-state index in [0.29, 0.717) is 5.56 Å². The van der Waals surface area contributed by atoms with Crippen molar-refractivity contribution in [3.63, 3.8) is 0 Å². The van der Waals surface area contributed by atoms with Crippen molar-refractivity contribution in [2.45, 2.75) is 50.9 Å². The second-order valence-corrected chi connectivity index (χ2v) is 6.53. The molecule has 0 aromatic heterocycles. The van der Waals surface area contributed by atoms with Crippen molar-refractivity contribution >= 4 is 18.3 Å². The fraction of sp³-hybridized carbons (Fsp3) is 0.588. The van der Waals surface area contributed by atoms with Gasteiger partial charge in [-0.15, -0.1) is 12.4 Å². The molecule has 0 radical (unpaired) electrons.